The van der Waals surface area contributed by atoms with Crippen molar-refractivity contribution in [2.45, 2.75) is 64.8 Å². The first kappa shape index (κ1) is 17.1. The molecule has 0 rings (SSSR count). The van der Waals surface area contributed by atoms with Crippen LogP contribution in [0.1, 0.15) is 53.4 Å². The molecule has 0 saturated heterocycles. The molecule has 0 fully saturated rings. The van der Waals surface area contributed by atoms with Crippen LogP contribution < -0.4 is 0 Å². The van der Waals surface area contributed by atoms with Crippen LogP contribution in [0.2, 0.25) is 0 Å². The smallest absolute Gasteiger partial charge is 0.280 e. The Bertz CT molecular complexity index is 328. The first-order chi connectivity index (χ1) is 8.46. The van der Waals surface area contributed by atoms with Gasteiger partial charge in [0.1, 0.15) is 0 Å². The highest BCUT2D eigenvalue weighted by Gasteiger charge is 2.41. The standard InChI is InChI=1S/C12H21N2O3P/c1-7-11(8-2,13-5)16-18(15)17-12(9-3,10-4)14-6/h18H,7-10H2,1-4H3. The molecule has 0 aromatic heterocycles. The number of nitrogens with zero attached hydrogens (tertiary/aromatic N) is 2. The number of hydrogen-bond donors (Lipinski definition) is 0. The minimum Gasteiger partial charge on any atom is -0.280 e. The fourth-order valence-corrected chi connectivity index (χ4v) is 2.81. The van der Waals surface area contributed by atoms with Crippen LogP contribution in [0, 0.1) is 13.1 Å². The molecule has 0 aromatic carbocycles. The molecule has 18 heavy (non-hydrogen) atoms. The molecule has 0 saturated carbocycles. The van der Waals surface area contributed by atoms with E-state index in [4.69, 9.17) is 22.2 Å². The molecule has 0 unspecified atom stereocenters. The zero-order valence-electron chi connectivity index (χ0n) is 11.4. The third-order valence-corrected chi connectivity index (χ3v) is 4.26. The Morgan fingerprint density at radius 1 is 0.889 bits per heavy atom. The summed E-state index contributed by atoms with van der Waals surface area (Å²) >= 11 is 0. The topological polar surface area (TPSA) is 44.2 Å². The second-order valence-electron chi connectivity index (χ2n) is 3.98. The summed E-state index contributed by atoms with van der Waals surface area (Å²) in [6, 6.07) is 0. The van der Waals surface area contributed by atoms with Crippen molar-refractivity contribution >= 4 is 8.25 Å². The third kappa shape index (κ3) is 4.10. The molecule has 0 amide bonds. The van der Waals surface area contributed by atoms with Gasteiger partial charge >= 0.3 is 19.7 Å². The van der Waals surface area contributed by atoms with Crippen molar-refractivity contribution in [3.8, 4) is 0 Å². The van der Waals surface area contributed by atoms with E-state index in [0.29, 0.717) is 25.7 Å². The van der Waals surface area contributed by atoms with Crippen LogP contribution >= 0.6 is 8.25 Å². The summed E-state index contributed by atoms with van der Waals surface area (Å²) in [5.74, 6) is 0. The molecular formula is C12H21N2O3P. The van der Waals surface area contributed by atoms with E-state index in [0.717, 1.165) is 0 Å². The molecule has 102 valence electrons. The molecule has 6 heteroatoms. The van der Waals surface area contributed by atoms with Crippen molar-refractivity contribution in [3.05, 3.63) is 22.8 Å². The molecule has 0 aliphatic rings. The van der Waals surface area contributed by atoms with Gasteiger partial charge in [-0.05, 0) is 0 Å². The van der Waals surface area contributed by atoms with Gasteiger partial charge in [0.05, 0.1) is 25.7 Å². The summed E-state index contributed by atoms with van der Waals surface area (Å²) in [4.78, 5) is 6.80. The van der Waals surface area contributed by atoms with E-state index in [1.165, 1.54) is 0 Å². The highest BCUT2D eigenvalue weighted by molar-refractivity contribution is 7.33. The van der Waals surface area contributed by atoms with Gasteiger partial charge in [-0.25, -0.2) is 22.2 Å². The molecular weight excluding hydrogens is 251 g/mol. The molecule has 0 radical (unpaired) electrons. The minimum atomic E-state index is -2.85. The first-order valence-electron chi connectivity index (χ1n) is 6.16. The molecule has 0 aliphatic carbocycles. The predicted octanol–water partition coefficient (Wildman–Crippen LogP) is 4.28. The molecule has 0 heterocycles. The Labute approximate surface area is 110 Å². The quantitative estimate of drug-likeness (QED) is 0.489. The van der Waals surface area contributed by atoms with Gasteiger partial charge in [0.25, 0.3) is 0 Å². The first-order valence-corrected chi connectivity index (χ1v) is 7.38. The van der Waals surface area contributed by atoms with E-state index >= 15 is 0 Å². The summed E-state index contributed by atoms with van der Waals surface area (Å²) in [6.45, 7) is 21.5. The predicted molar refractivity (Wildman–Crippen MR) is 71.0 cm³/mol. The van der Waals surface area contributed by atoms with Gasteiger partial charge in [-0.2, -0.15) is 0 Å². The maximum Gasteiger partial charge on any atom is 0.343 e. The summed E-state index contributed by atoms with van der Waals surface area (Å²) < 4.78 is 22.4. The van der Waals surface area contributed by atoms with Crippen molar-refractivity contribution in [1.29, 1.82) is 0 Å². The molecule has 0 N–H and O–H groups in total. The maximum atomic E-state index is 11.9. The van der Waals surface area contributed by atoms with Gasteiger partial charge in [0.15, 0.2) is 0 Å². The van der Waals surface area contributed by atoms with Crippen molar-refractivity contribution in [2.75, 3.05) is 0 Å². The van der Waals surface area contributed by atoms with E-state index in [2.05, 4.69) is 9.69 Å². The highest BCUT2D eigenvalue weighted by atomic mass is 31.1. The molecule has 0 atom stereocenters. The van der Waals surface area contributed by atoms with Crippen LogP contribution in [0.25, 0.3) is 9.69 Å². The summed E-state index contributed by atoms with van der Waals surface area (Å²) in [7, 11) is -2.85. The van der Waals surface area contributed by atoms with Crippen LogP contribution in [0.4, 0.5) is 0 Å². The largest absolute Gasteiger partial charge is 0.343 e. The Morgan fingerprint density at radius 2 is 1.17 bits per heavy atom. The fourth-order valence-electron chi connectivity index (χ4n) is 1.48. The third-order valence-electron chi connectivity index (χ3n) is 3.16. The van der Waals surface area contributed by atoms with Gasteiger partial charge in [-0.15, -0.1) is 0 Å². The summed E-state index contributed by atoms with van der Waals surface area (Å²) in [5.41, 5.74) is -2.18. The summed E-state index contributed by atoms with van der Waals surface area (Å²) in [6.07, 6.45) is 1.76. The van der Waals surface area contributed by atoms with Crippen LogP contribution in [-0.4, -0.2) is 11.4 Å². The van der Waals surface area contributed by atoms with E-state index in [1.54, 1.807) is 27.7 Å². The van der Waals surface area contributed by atoms with E-state index in [1.807, 2.05) is 0 Å². The lowest BCUT2D eigenvalue weighted by Gasteiger charge is -2.22. The average molecular weight is 272 g/mol. The number of rotatable bonds is 8. The molecule has 0 aromatic rings. The molecule has 5 nitrogen and oxygen atoms in total. The zero-order valence-corrected chi connectivity index (χ0v) is 12.4. The monoisotopic (exact) mass is 272 g/mol. The Balaban J connectivity index is 4.81. The Morgan fingerprint density at radius 3 is 1.33 bits per heavy atom. The zero-order chi connectivity index (χ0) is 14.2. The maximum absolute atomic E-state index is 11.9. The van der Waals surface area contributed by atoms with Gasteiger partial charge < -0.3 is 0 Å². The highest BCUT2D eigenvalue weighted by Crippen LogP contribution is 2.42. The van der Waals surface area contributed by atoms with Gasteiger partial charge in [0, 0.05) is 0 Å². The lowest BCUT2D eigenvalue weighted by molar-refractivity contribution is 0.0453. The van der Waals surface area contributed by atoms with Gasteiger partial charge in [0.2, 0.25) is 0 Å². The van der Waals surface area contributed by atoms with Gasteiger partial charge in [-0.3, -0.25) is 14.3 Å². The summed E-state index contributed by atoms with van der Waals surface area (Å²) in [5, 5.41) is 0. The fraction of sp³-hybridized carbons (Fsp3) is 0.833. The van der Waals surface area contributed by atoms with Crippen LogP contribution in [0.3, 0.4) is 0 Å². The van der Waals surface area contributed by atoms with E-state index < -0.39 is 19.7 Å². The van der Waals surface area contributed by atoms with Crippen molar-refractivity contribution in [2.24, 2.45) is 0 Å². The van der Waals surface area contributed by atoms with Crippen molar-refractivity contribution in [1.82, 2.24) is 0 Å². The minimum absolute atomic E-state index is 0.441. The number of hydrogen-bond acceptors (Lipinski definition) is 3. The van der Waals surface area contributed by atoms with Crippen molar-refractivity contribution in [3.63, 3.8) is 0 Å². The lowest BCUT2D eigenvalue weighted by atomic mass is 10.1. The van der Waals surface area contributed by atoms with Gasteiger partial charge in [-0.1, -0.05) is 27.7 Å². The molecule has 0 aliphatic heterocycles. The normalized spacial score (nSPS) is 12.2. The molecule has 0 bridgehead atoms. The van der Waals surface area contributed by atoms with Crippen LogP contribution in [0.15, 0.2) is 0 Å². The second kappa shape index (κ2) is 7.54. The van der Waals surface area contributed by atoms with Crippen LogP contribution in [-0.2, 0) is 13.6 Å². The Hall–Kier alpha value is -0.870. The van der Waals surface area contributed by atoms with Crippen LogP contribution in [0.5, 0.6) is 0 Å². The van der Waals surface area contributed by atoms with E-state index in [9.17, 15) is 4.57 Å². The van der Waals surface area contributed by atoms with Crippen molar-refractivity contribution < 1.29 is 13.6 Å². The lowest BCUT2D eigenvalue weighted by Crippen LogP contribution is -2.27. The average Bonchev–Trinajstić information content (AvgIpc) is 2.42. The Kier molecular flexibility index (Phi) is 7.18. The van der Waals surface area contributed by atoms with E-state index in [-0.39, 0.29) is 0 Å². The second-order valence-corrected chi connectivity index (χ2v) is 4.89. The SMILES string of the molecule is [C-]#[N+]C(CC)(CC)O[PH](=O)OC(CC)(CC)[N+]#[C-]. The molecule has 0 spiro atoms.